The van der Waals surface area contributed by atoms with E-state index in [-0.39, 0.29) is 42.3 Å². The number of nitrogens with zero attached hydrogens (tertiary/aromatic N) is 1. The average Bonchev–Trinajstić information content (AvgIpc) is 3.06. The molecular formula is C21H31Cl2N3O2. The Morgan fingerprint density at radius 2 is 1.89 bits per heavy atom. The Morgan fingerprint density at radius 1 is 1.21 bits per heavy atom. The molecule has 2 fully saturated rings. The first kappa shape index (κ1) is 23.0. The summed E-state index contributed by atoms with van der Waals surface area (Å²) in [6.45, 7) is 5.54. The lowest BCUT2D eigenvalue weighted by atomic mass is 9.84. The Morgan fingerprint density at radius 3 is 2.57 bits per heavy atom. The van der Waals surface area contributed by atoms with Crippen molar-refractivity contribution in [3.05, 3.63) is 34.9 Å². The number of fused-ring (bicyclic) bond motifs is 1. The van der Waals surface area contributed by atoms with Gasteiger partial charge in [-0.05, 0) is 62.9 Å². The second-order valence-electron chi connectivity index (χ2n) is 7.79. The van der Waals surface area contributed by atoms with Gasteiger partial charge in [-0.3, -0.25) is 9.59 Å². The van der Waals surface area contributed by atoms with Gasteiger partial charge in [0.1, 0.15) is 6.04 Å². The molecule has 156 valence electrons. The molecule has 0 spiro atoms. The lowest BCUT2D eigenvalue weighted by molar-refractivity contribution is -0.125. The average molecular weight is 428 g/mol. The molecule has 0 aromatic heterocycles. The lowest BCUT2D eigenvalue weighted by Gasteiger charge is -2.33. The molecule has 1 aromatic rings. The zero-order valence-corrected chi connectivity index (χ0v) is 18.2. The molecule has 3 unspecified atom stereocenters. The van der Waals surface area contributed by atoms with E-state index in [1.807, 2.05) is 11.8 Å². The van der Waals surface area contributed by atoms with Crippen LogP contribution in [0.5, 0.6) is 0 Å². The van der Waals surface area contributed by atoms with E-state index in [4.69, 9.17) is 11.6 Å². The molecule has 3 rings (SSSR count). The van der Waals surface area contributed by atoms with Crippen LogP contribution in [0, 0.1) is 5.92 Å². The zero-order chi connectivity index (χ0) is 19.4. The second kappa shape index (κ2) is 10.5. The molecule has 1 heterocycles. The van der Waals surface area contributed by atoms with Gasteiger partial charge in [-0.1, -0.05) is 31.4 Å². The molecule has 1 aromatic carbocycles. The maximum Gasteiger partial charge on any atom is 0.254 e. The highest BCUT2D eigenvalue weighted by molar-refractivity contribution is 6.30. The molecule has 1 saturated heterocycles. The number of nitrogens with one attached hydrogen (secondary N) is 2. The molecule has 4 atom stereocenters. The van der Waals surface area contributed by atoms with Crippen LogP contribution in [0.2, 0.25) is 5.02 Å². The van der Waals surface area contributed by atoms with E-state index in [0.717, 1.165) is 32.2 Å². The number of likely N-dealkylation sites (N-methyl/N-ethyl adjacent to an activating group) is 1. The number of rotatable bonds is 6. The van der Waals surface area contributed by atoms with Crippen molar-refractivity contribution in [3.63, 3.8) is 0 Å². The highest BCUT2D eigenvalue weighted by Crippen LogP contribution is 2.40. The molecule has 2 amide bonds. The van der Waals surface area contributed by atoms with E-state index in [0.29, 0.717) is 23.0 Å². The Kier molecular flexibility index (Phi) is 8.59. The molecule has 0 bridgehead atoms. The van der Waals surface area contributed by atoms with Gasteiger partial charge in [0, 0.05) is 29.2 Å². The maximum absolute atomic E-state index is 13.3. The van der Waals surface area contributed by atoms with Gasteiger partial charge in [-0.2, -0.15) is 0 Å². The predicted octanol–water partition coefficient (Wildman–Crippen LogP) is 3.65. The molecule has 28 heavy (non-hydrogen) atoms. The number of amides is 2. The van der Waals surface area contributed by atoms with Crippen molar-refractivity contribution in [1.82, 2.24) is 15.5 Å². The molecule has 5 nitrogen and oxygen atoms in total. The fourth-order valence-corrected chi connectivity index (χ4v) is 4.65. The van der Waals surface area contributed by atoms with Crippen LogP contribution in [0.25, 0.3) is 0 Å². The van der Waals surface area contributed by atoms with Crippen molar-refractivity contribution in [2.45, 2.75) is 64.1 Å². The van der Waals surface area contributed by atoms with Gasteiger partial charge in [0.15, 0.2) is 0 Å². The number of carbonyl (C=O) groups excluding carboxylic acids is 2. The van der Waals surface area contributed by atoms with Crippen LogP contribution >= 0.6 is 24.0 Å². The largest absolute Gasteiger partial charge is 0.353 e. The summed E-state index contributed by atoms with van der Waals surface area (Å²) in [5, 5.41) is 6.95. The summed E-state index contributed by atoms with van der Waals surface area (Å²) in [6, 6.07) is 6.97. The number of likely N-dealkylation sites (tertiary alicyclic amines) is 1. The minimum absolute atomic E-state index is 0. The summed E-state index contributed by atoms with van der Waals surface area (Å²) >= 11 is 5.97. The summed E-state index contributed by atoms with van der Waals surface area (Å²) in [7, 11) is 0. The Hall–Kier alpha value is -1.30. The van der Waals surface area contributed by atoms with Gasteiger partial charge < -0.3 is 15.5 Å². The van der Waals surface area contributed by atoms with Crippen LogP contribution in [0.3, 0.4) is 0 Å². The number of benzene rings is 1. The highest BCUT2D eigenvalue weighted by atomic mass is 35.5. The van der Waals surface area contributed by atoms with Gasteiger partial charge in [0.05, 0.1) is 0 Å². The van der Waals surface area contributed by atoms with E-state index in [1.54, 1.807) is 24.3 Å². The fraction of sp³-hybridized carbons (Fsp3) is 0.619. The summed E-state index contributed by atoms with van der Waals surface area (Å²) in [5.74, 6) is 0.342. The Balaban J connectivity index is 0.00000280. The first-order chi connectivity index (χ1) is 13.0. The smallest absolute Gasteiger partial charge is 0.254 e. The summed E-state index contributed by atoms with van der Waals surface area (Å²) in [6.07, 6.45) is 5.17. The molecule has 7 heteroatoms. The SMILES string of the molecule is CCN[C@H](C)CNC(=O)C1CC2CCCCC2N1C(=O)c1ccc(Cl)cc1.Cl. The number of hydrogen-bond acceptors (Lipinski definition) is 3. The fourth-order valence-electron chi connectivity index (χ4n) is 4.52. The third kappa shape index (κ3) is 5.19. The zero-order valence-electron chi connectivity index (χ0n) is 16.6. The molecule has 2 aliphatic rings. The van der Waals surface area contributed by atoms with Gasteiger partial charge >= 0.3 is 0 Å². The van der Waals surface area contributed by atoms with Gasteiger partial charge in [-0.25, -0.2) is 0 Å². The van der Waals surface area contributed by atoms with E-state index in [1.165, 1.54) is 6.42 Å². The predicted molar refractivity (Wildman–Crippen MR) is 115 cm³/mol. The Bertz CT molecular complexity index is 668. The molecule has 1 aliphatic carbocycles. The van der Waals surface area contributed by atoms with Crippen molar-refractivity contribution in [3.8, 4) is 0 Å². The minimum Gasteiger partial charge on any atom is -0.353 e. The van der Waals surface area contributed by atoms with Gasteiger partial charge in [0.25, 0.3) is 5.91 Å². The molecule has 2 N–H and O–H groups in total. The van der Waals surface area contributed by atoms with Crippen molar-refractivity contribution < 1.29 is 9.59 Å². The van der Waals surface area contributed by atoms with Crippen LogP contribution in [-0.4, -0.2) is 47.9 Å². The first-order valence-electron chi connectivity index (χ1n) is 10.1. The van der Waals surface area contributed by atoms with E-state index < -0.39 is 0 Å². The van der Waals surface area contributed by atoms with Gasteiger partial charge in [0.2, 0.25) is 5.91 Å². The third-order valence-electron chi connectivity index (χ3n) is 5.85. The lowest BCUT2D eigenvalue weighted by Crippen LogP contribution is -2.51. The van der Waals surface area contributed by atoms with Crippen LogP contribution in [0.4, 0.5) is 0 Å². The van der Waals surface area contributed by atoms with Crippen molar-refractivity contribution in [2.24, 2.45) is 5.92 Å². The quantitative estimate of drug-likeness (QED) is 0.727. The number of hydrogen-bond donors (Lipinski definition) is 2. The van der Waals surface area contributed by atoms with Crippen molar-refractivity contribution in [1.29, 1.82) is 0 Å². The van der Waals surface area contributed by atoms with Crippen LogP contribution in [-0.2, 0) is 4.79 Å². The van der Waals surface area contributed by atoms with Crippen LogP contribution in [0.1, 0.15) is 56.3 Å². The van der Waals surface area contributed by atoms with Crippen molar-refractivity contribution in [2.75, 3.05) is 13.1 Å². The molecule has 1 saturated carbocycles. The number of halogens is 2. The molecule has 0 radical (unpaired) electrons. The normalized spacial score (nSPS) is 24.8. The molecular weight excluding hydrogens is 397 g/mol. The topological polar surface area (TPSA) is 61.4 Å². The first-order valence-corrected chi connectivity index (χ1v) is 10.5. The number of carbonyl (C=O) groups is 2. The minimum atomic E-state index is -0.380. The van der Waals surface area contributed by atoms with E-state index in [9.17, 15) is 9.59 Å². The third-order valence-corrected chi connectivity index (χ3v) is 6.10. The monoisotopic (exact) mass is 427 g/mol. The Labute approximate surface area is 179 Å². The maximum atomic E-state index is 13.3. The van der Waals surface area contributed by atoms with E-state index >= 15 is 0 Å². The second-order valence-corrected chi connectivity index (χ2v) is 8.22. The van der Waals surface area contributed by atoms with Crippen molar-refractivity contribution >= 4 is 35.8 Å². The van der Waals surface area contributed by atoms with E-state index in [2.05, 4.69) is 17.6 Å². The van der Waals surface area contributed by atoms with Gasteiger partial charge in [-0.15, -0.1) is 12.4 Å². The van der Waals surface area contributed by atoms with Crippen LogP contribution < -0.4 is 10.6 Å². The van der Waals surface area contributed by atoms with Crippen LogP contribution in [0.15, 0.2) is 24.3 Å². The summed E-state index contributed by atoms with van der Waals surface area (Å²) in [5.41, 5.74) is 0.601. The highest BCUT2D eigenvalue weighted by Gasteiger charge is 2.47. The molecule has 1 aliphatic heterocycles. The summed E-state index contributed by atoms with van der Waals surface area (Å²) in [4.78, 5) is 28.1. The summed E-state index contributed by atoms with van der Waals surface area (Å²) < 4.78 is 0. The standard InChI is InChI=1S/C21H30ClN3O2.ClH/c1-3-23-14(2)13-24-20(26)19-12-16-6-4-5-7-18(16)25(19)21(27)15-8-10-17(22)11-9-15;/h8-11,14,16,18-19,23H,3-7,12-13H2,1-2H3,(H,24,26);1H/t14-,16?,18?,19?;/m1./s1.